The van der Waals surface area contributed by atoms with E-state index in [1.165, 1.54) is 12.1 Å². The van der Waals surface area contributed by atoms with Crippen LogP contribution in [0.15, 0.2) is 18.2 Å². The van der Waals surface area contributed by atoms with Gasteiger partial charge in [-0.25, -0.2) is 8.78 Å². The number of rotatable bonds is 2. The van der Waals surface area contributed by atoms with E-state index >= 15 is 0 Å². The zero-order valence-electron chi connectivity index (χ0n) is 9.01. The number of carbonyl (C=O) groups excluding carboxylic acids is 1. The monoisotopic (exact) mass is 224 g/mol. The zero-order valence-corrected chi connectivity index (χ0v) is 9.01. The molecule has 0 unspecified atom stereocenters. The van der Waals surface area contributed by atoms with Gasteiger partial charge in [0.25, 0.3) is 0 Å². The molecule has 1 nitrogen and oxygen atoms in total. The summed E-state index contributed by atoms with van der Waals surface area (Å²) in [4.78, 5) is 11.0. The molecule has 2 rings (SSSR count). The molecule has 0 amide bonds. The van der Waals surface area contributed by atoms with Crippen LogP contribution in [-0.2, 0) is 11.2 Å². The van der Waals surface area contributed by atoms with Gasteiger partial charge in [-0.3, -0.25) is 4.79 Å². The van der Waals surface area contributed by atoms with E-state index in [1.54, 1.807) is 0 Å². The molecule has 0 N–H and O–H groups in total. The number of hydrogen-bond acceptors (Lipinski definition) is 1. The molecule has 0 aromatic heterocycles. The van der Waals surface area contributed by atoms with Gasteiger partial charge in [0.1, 0.15) is 17.4 Å². The summed E-state index contributed by atoms with van der Waals surface area (Å²) >= 11 is 0. The fourth-order valence-electron chi connectivity index (χ4n) is 2.20. The minimum Gasteiger partial charge on any atom is -0.300 e. The molecular formula is C13H14F2O. The number of ketones is 1. The Kier molecular flexibility index (Phi) is 3.32. The van der Waals surface area contributed by atoms with Gasteiger partial charge in [0, 0.05) is 18.9 Å². The topological polar surface area (TPSA) is 17.1 Å². The normalized spacial score (nSPS) is 17.8. The average molecular weight is 224 g/mol. The molecule has 0 spiro atoms. The van der Waals surface area contributed by atoms with Crippen molar-refractivity contribution < 1.29 is 13.6 Å². The van der Waals surface area contributed by atoms with Crippen LogP contribution in [0.1, 0.15) is 31.2 Å². The van der Waals surface area contributed by atoms with E-state index in [-0.39, 0.29) is 0 Å². The molecule has 1 aliphatic carbocycles. The highest BCUT2D eigenvalue weighted by atomic mass is 19.1. The van der Waals surface area contributed by atoms with Gasteiger partial charge in [0.2, 0.25) is 0 Å². The first-order valence-corrected chi connectivity index (χ1v) is 5.61. The van der Waals surface area contributed by atoms with Crippen molar-refractivity contribution in [3.63, 3.8) is 0 Å². The average Bonchev–Trinajstić information content (AvgIpc) is 2.25. The van der Waals surface area contributed by atoms with Crippen LogP contribution >= 0.6 is 0 Å². The summed E-state index contributed by atoms with van der Waals surface area (Å²) in [5.41, 5.74) is 0.556. The summed E-state index contributed by atoms with van der Waals surface area (Å²) in [6, 6.07) is 3.71. The molecule has 0 heterocycles. The first-order chi connectivity index (χ1) is 7.65. The standard InChI is InChI=1S/C13H14F2O/c14-11-4-3-10(13(15)8-11)7-9-1-5-12(16)6-2-9/h3-4,8-9H,1-2,5-7H2. The summed E-state index contributed by atoms with van der Waals surface area (Å²) in [5, 5.41) is 0. The van der Waals surface area contributed by atoms with Crippen molar-refractivity contribution >= 4 is 5.78 Å². The van der Waals surface area contributed by atoms with E-state index in [0.29, 0.717) is 36.5 Å². The molecule has 1 aliphatic rings. The smallest absolute Gasteiger partial charge is 0.132 e. The second-order valence-corrected chi connectivity index (χ2v) is 4.42. The van der Waals surface area contributed by atoms with Crippen LogP contribution in [0.25, 0.3) is 0 Å². The quantitative estimate of drug-likeness (QED) is 0.753. The number of carbonyl (C=O) groups is 1. The summed E-state index contributed by atoms with van der Waals surface area (Å²) in [6.07, 6.45) is 3.48. The van der Waals surface area contributed by atoms with Crippen molar-refractivity contribution in [1.82, 2.24) is 0 Å². The van der Waals surface area contributed by atoms with Gasteiger partial charge in [0.15, 0.2) is 0 Å². The van der Waals surface area contributed by atoms with E-state index in [4.69, 9.17) is 0 Å². The summed E-state index contributed by atoms with van der Waals surface area (Å²) in [6.45, 7) is 0. The molecule has 16 heavy (non-hydrogen) atoms. The maximum Gasteiger partial charge on any atom is 0.132 e. The van der Waals surface area contributed by atoms with Crippen LogP contribution in [-0.4, -0.2) is 5.78 Å². The van der Waals surface area contributed by atoms with Gasteiger partial charge in [0.05, 0.1) is 0 Å². The first kappa shape index (κ1) is 11.2. The summed E-state index contributed by atoms with van der Waals surface area (Å²) in [7, 11) is 0. The van der Waals surface area contributed by atoms with E-state index in [1.807, 2.05) is 0 Å². The summed E-state index contributed by atoms with van der Waals surface area (Å²) < 4.78 is 26.1. The minimum atomic E-state index is -0.542. The van der Waals surface area contributed by atoms with Crippen molar-refractivity contribution in [2.75, 3.05) is 0 Å². The molecular weight excluding hydrogens is 210 g/mol. The Bertz CT molecular complexity index is 391. The van der Waals surface area contributed by atoms with Crippen molar-refractivity contribution in [2.45, 2.75) is 32.1 Å². The van der Waals surface area contributed by atoms with E-state index in [2.05, 4.69) is 0 Å². The van der Waals surface area contributed by atoms with Crippen LogP contribution in [0.2, 0.25) is 0 Å². The molecule has 0 bridgehead atoms. The highest BCUT2D eigenvalue weighted by Crippen LogP contribution is 2.26. The maximum absolute atomic E-state index is 13.4. The molecule has 0 saturated heterocycles. The van der Waals surface area contributed by atoms with Crippen molar-refractivity contribution in [1.29, 1.82) is 0 Å². The lowest BCUT2D eigenvalue weighted by Gasteiger charge is -2.20. The number of hydrogen-bond donors (Lipinski definition) is 0. The maximum atomic E-state index is 13.4. The van der Waals surface area contributed by atoms with Crippen molar-refractivity contribution in [3.05, 3.63) is 35.4 Å². The van der Waals surface area contributed by atoms with E-state index < -0.39 is 11.6 Å². The molecule has 3 heteroatoms. The molecule has 0 radical (unpaired) electrons. The lowest BCUT2D eigenvalue weighted by molar-refractivity contribution is -0.121. The van der Waals surface area contributed by atoms with Crippen LogP contribution < -0.4 is 0 Å². The molecule has 0 aliphatic heterocycles. The number of halogens is 2. The molecule has 1 saturated carbocycles. The predicted molar refractivity (Wildman–Crippen MR) is 57.0 cm³/mol. The van der Waals surface area contributed by atoms with Gasteiger partial charge in [-0.2, -0.15) is 0 Å². The largest absolute Gasteiger partial charge is 0.300 e. The van der Waals surface area contributed by atoms with Crippen LogP contribution in [0.3, 0.4) is 0 Å². The predicted octanol–water partition coefficient (Wildman–Crippen LogP) is 3.27. The fourth-order valence-corrected chi connectivity index (χ4v) is 2.20. The minimum absolute atomic E-state index is 0.302. The lowest BCUT2D eigenvalue weighted by atomic mass is 9.84. The van der Waals surface area contributed by atoms with Crippen molar-refractivity contribution in [2.24, 2.45) is 5.92 Å². The highest BCUT2D eigenvalue weighted by Gasteiger charge is 2.20. The van der Waals surface area contributed by atoms with Gasteiger partial charge in [-0.05, 0) is 36.8 Å². The molecule has 1 aromatic carbocycles. The molecule has 86 valence electrons. The van der Waals surface area contributed by atoms with E-state index in [9.17, 15) is 13.6 Å². The van der Waals surface area contributed by atoms with Gasteiger partial charge in [-0.1, -0.05) is 6.07 Å². The van der Waals surface area contributed by atoms with Crippen LogP contribution in [0.4, 0.5) is 8.78 Å². The molecule has 1 aromatic rings. The Morgan fingerprint density at radius 2 is 1.88 bits per heavy atom. The van der Waals surface area contributed by atoms with E-state index in [0.717, 1.165) is 18.9 Å². The Morgan fingerprint density at radius 3 is 2.50 bits per heavy atom. The third kappa shape index (κ3) is 2.65. The fraction of sp³-hybridized carbons (Fsp3) is 0.462. The first-order valence-electron chi connectivity index (χ1n) is 5.61. The van der Waals surface area contributed by atoms with Crippen molar-refractivity contribution in [3.8, 4) is 0 Å². The van der Waals surface area contributed by atoms with Crippen LogP contribution in [0, 0.1) is 17.6 Å². The third-order valence-corrected chi connectivity index (χ3v) is 3.19. The van der Waals surface area contributed by atoms with Gasteiger partial charge >= 0.3 is 0 Å². The zero-order chi connectivity index (χ0) is 11.5. The molecule has 1 fully saturated rings. The van der Waals surface area contributed by atoms with Gasteiger partial charge < -0.3 is 0 Å². The highest BCUT2D eigenvalue weighted by molar-refractivity contribution is 5.79. The van der Waals surface area contributed by atoms with Crippen LogP contribution in [0.5, 0.6) is 0 Å². The Labute approximate surface area is 93.5 Å². The lowest BCUT2D eigenvalue weighted by Crippen LogP contribution is -2.16. The molecule has 0 atom stereocenters. The second kappa shape index (κ2) is 4.73. The Balaban J connectivity index is 2.01. The second-order valence-electron chi connectivity index (χ2n) is 4.42. The van der Waals surface area contributed by atoms with Gasteiger partial charge in [-0.15, -0.1) is 0 Å². The number of benzene rings is 1. The number of Topliss-reactive ketones (excluding diaryl/α,β-unsaturated/α-hetero) is 1. The SMILES string of the molecule is O=C1CCC(Cc2ccc(F)cc2F)CC1. The third-order valence-electron chi connectivity index (χ3n) is 3.19. The summed E-state index contributed by atoms with van der Waals surface area (Å²) in [5.74, 6) is -0.356. The Hall–Kier alpha value is -1.25. The Morgan fingerprint density at radius 1 is 1.19 bits per heavy atom.